The van der Waals surface area contributed by atoms with Crippen LogP contribution in [0.25, 0.3) is 5.65 Å². The van der Waals surface area contributed by atoms with Crippen molar-refractivity contribution in [1.82, 2.24) is 19.6 Å². The Labute approximate surface area is 156 Å². The average Bonchev–Trinajstić information content (AvgIpc) is 3.07. The predicted octanol–water partition coefficient (Wildman–Crippen LogP) is 2.44. The molecule has 2 amide bonds. The van der Waals surface area contributed by atoms with Crippen LogP contribution in [0, 0.1) is 0 Å². The molecule has 0 saturated carbocycles. The third kappa shape index (κ3) is 4.23. The van der Waals surface area contributed by atoms with Gasteiger partial charge in [-0.3, -0.25) is 9.59 Å². The van der Waals surface area contributed by atoms with E-state index in [0.717, 1.165) is 16.2 Å². The van der Waals surface area contributed by atoms with E-state index >= 15 is 0 Å². The topological polar surface area (TPSA) is 66.7 Å². The first-order valence-corrected chi connectivity index (χ1v) is 9.16. The molecule has 0 radical (unpaired) electrons. The van der Waals surface area contributed by atoms with Crippen LogP contribution in [0.1, 0.15) is 16.1 Å². The second kappa shape index (κ2) is 8.05. The number of carbonyl (C=O) groups is 2. The number of pyridine rings is 1. The lowest BCUT2D eigenvalue weighted by Gasteiger charge is -2.12. The standard InChI is InChI=1S/C19H20N4O2S/c1-22(2)18(24)13-26-16-8-4-3-7-15(16)19(25)20-11-14-12-23-10-6-5-9-17(23)21-14/h3-10,12H,11,13H2,1-2H3,(H,20,25). The highest BCUT2D eigenvalue weighted by Gasteiger charge is 2.13. The number of hydrogen-bond donors (Lipinski definition) is 1. The van der Waals surface area contributed by atoms with E-state index in [1.165, 1.54) is 11.8 Å². The van der Waals surface area contributed by atoms with Crippen LogP contribution >= 0.6 is 11.8 Å². The number of imidazole rings is 1. The molecule has 7 heteroatoms. The van der Waals surface area contributed by atoms with Crippen LogP contribution in [0.15, 0.2) is 59.8 Å². The van der Waals surface area contributed by atoms with Crippen LogP contribution < -0.4 is 5.32 Å². The quantitative estimate of drug-likeness (QED) is 0.679. The molecule has 0 aliphatic rings. The minimum atomic E-state index is -0.178. The van der Waals surface area contributed by atoms with E-state index in [0.29, 0.717) is 17.9 Å². The molecule has 26 heavy (non-hydrogen) atoms. The first kappa shape index (κ1) is 18.0. The van der Waals surface area contributed by atoms with Crippen LogP contribution in [0.4, 0.5) is 0 Å². The van der Waals surface area contributed by atoms with Crippen molar-refractivity contribution in [2.45, 2.75) is 11.4 Å². The van der Waals surface area contributed by atoms with Gasteiger partial charge in [-0.2, -0.15) is 0 Å². The van der Waals surface area contributed by atoms with Crippen molar-refractivity contribution in [3.63, 3.8) is 0 Å². The van der Waals surface area contributed by atoms with Crippen molar-refractivity contribution in [3.05, 3.63) is 66.1 Å². The summed E-state index contributed by atoms with van der Waals surface area (Å²) in [6.07, 6.45) is 3.81. The summed E-state index contributed by atoms with van der Waals surface area (Å²) in [5, 5.41) is 2.90. The van der Waals surface area contributed by atoms with Gasteiger partial charge in [0, 0.05) is 31.4 Å². The van der Waals surface area contributed by atoms with Crippen molar-refractivity contribution in [1.29, 1.82) is 0 Å². The first-order chi connectivity index (χ1) is 12.5. The maximum atomic E-state index is 12.6. The average molecular weight is 368 g/mol. The Morgan fingerprint density at radius 2 is 1.92 bits per heavy atom. The monoisotopic (exact) mass is 368 g/mol. The molecule has 0 unspecified atom stereocenters. The third-order valence-electron chi connectivity index (χ3n) is 3.83. The van der Waals surface area contributed by atoms with Gasteiger partial charge in [0.25, 0.3) is 5.91 Å². The molecule has 0 fully saturated rings. The van der Waals surface area contributed by atoms with Crippen molar-refractivity contribution in [2.75, 3.05) is 19.8 Å². The van der Waals surface area contributed by atoms with Crippen molar-refractivity contribution in [2.24, 2.45) is 0 Å². The number of rotatable bonds is 6. The van der Waals surface area contributed by atoms with E-state index in [1.807, 2.05) is 53.2 Å². The number of aromatic nitrogens is 2. The van der Waals surface area contributed by atoms with Gasteiger partial charge in [0.05, 0.1) is 23.6 Å². The summed E-state index contributed by atoms with van der Waals surface area (Å²) in [4.78, 5) is 31.2. The molecule has 3 aromatic rings. The number of hydrogen-bond acceptors (Lipinski definition) is 4. The lowest BCUT2D eigenvalue weighted by molar-refractivity contribution is -0.125. The van der Waals surface area contributed by atoms with Gasteiger partial charge in [0.2, 0.25) is 5.91 Å². The van der Waals surface area contributed by atoms with E-state index in [1.54, 1.807) is 25.1 Å². The van der Waals surface area contributed by atoms with Gasteiger partial charge in [0.15, 0.2) is 0 Å². The maximum Gasteiger partial charge on any atom is 0.252 e. The maximum absolute atomic E-state index is 12.6. The number of amides is 2. The summed E-state index contributed by atoms with van der Waals surface area (Å²) in [6.45, 7) is 0.343. The highest BCUT2D eigenvalue weighted by atomic mass is 32.2. The molecule has 1 N–H and O–H groups in total. The van der Waals surface area contributed by atoms with Crippen molar-refractivity contribution >= 4 is 29.2 Å². The zero-order chi connectivity index (χ0) is 18.5. The minimum absolute atomic E-state index is 0.00918. The fourth-order valence-electron chi connectivity index (χ4n) is 2.39. The van der Waals surface area contributed by atoms with Gasteiger partial charge in [-0.15, -0.1) is 11.8 Å². The summed E-state index contributed by atoms with van der Waals surface area (Å²) in [5.74, 6) is 0.126. The Morgan fingerprint density at radius 1 is 1.15 bits per heavy atom. The fourth-order valence-corrected chi connectivity index (χ4v) is 3.42. The van der Waals surface area contributed by atoms with Crippen LogP contribution in [0.5, 0.6) is 0 Å². The molecular formula is C19H20N4O2S. The second-order valence-electron chi connectivity index (χ2n) is 5.95. The largest absolute Gasteiger partial charge is 0.348 e. The van der Waals surface area contributed by atoms with Gasteiger partial charge in [-0.1, -0.05) is 18.2 Å². The Balaban J connectivity index is 1.66. The molecule has 6 nitrogen and oxygen atoms in total. The van der Waals surface area contributed by atoms with E-state index in [-0.39, 0.29) is 11.8 Å². The van der Waals surface area contributed by atoms with E-state index < -0.39 is 0 Å². The Morgan fingerprint density at radius 3 is 2.69 bits per heavy atom. The molecule has 3 rings (SSSR count). The van der Waals surface area contributed by atoms with Crippen molar-refractivity contribution in [3.8, 4) is 0 Å². The molecule has 2 aromatic heterocycles. The number of nitrogens with one attached hydrogen (secondary N) is 1. The molecule has 0 bridgehead atoms. The van der Waals surface area contributed by atoms with Gasteiger partial charge in [-0.05, 0) is 24.3 Å². The minimum Gasteiger partial charge on any atom is -0.348 e. The van der Waals surface area contributed by atoms with E-state index in [2.05, 4.69) is 10.3 Å². The van der Waals surface area contributed by atoms with Crippen LogP contribution in [-0.2, 0) is 11.3 Å². The molecular weight excluding hydrogens is 348 g/mol. The number of thioether (sulfide) groups is 1. The summed E-state index contributed by atoms with van der Waals surface area (Å²) < 4.78 is 1.91. The van der Waals surface area contributed by atoms with Crippen molar-refractivity contribution < 1.29 is 9.59 Å². The molecule has 0 aliphatic carbocycles. The zero-order valence-corrected chi connectivity index (χ0v) is 15.5. The molecule has 0 saturated heterocycles. The fraction of sp³-hybridized carbons (Fsp3) is 0.211. The lowest BCUT2D eigenvalue weighted by atomic mass is 10.2. The molecule has 0 spiro atoms. The molecule has 1 aromatic carbocycles. The Hall–Kier alpha value is -2.80. The Bertz CT molecular complexity index is 903. The Kier molecular flexibility index (Phi) is 5.58. The predicted molar refractivity (Wildman–Crippen MR) is 102 cm³/mol. The number of nitrogens with zero attached hydrogens (tertiary/aromatic N) is 3. The van der Waals surface area contributed by atoms with Crippen LogP contribution in [0.3, 0.4) is 0 Å². The van der Waals surface area contributed by atoms with E-state index in [4.69, 9.17) is 0 Å². The molecule has 2 heterocycles. The van der Waals surface area contributed by atoms with Crippen LogP contribution in [-0.4, -0.2) is 45.9 Å². The van der Waals surface area contributed by atoms with Gasteiger partial charge < -0.3 is 14.6 Å². The molecule has 134 valence electrons. The number of carbonyl (C=O) groups excluding carboxylic acids is 2. The van der Waals surface area contributed by atoms with Crippen LogP contribution in [0.2, 0.25) is 0 Å². The van der Waals surface area contributed by atoms with Gasteiger partial charge >= 0.3 is 0 Å². The third-order valence-corrected chi connectivity index (χ3v) is 4.88. The highest BCUT2D eigenvalue weighted by molar-refractivity contribution is 8.00. The lowest BCUT2D eigenvalue weighted by Crippen LogP contribution is -2.25. The SMILES string of the molecule is CN(C)C(=O)CSc1ccccc1C(=O)NCc1cn2ccccc2n1. The molecule has 0 atom stereocenters. The number of benzene rings is 1. The van der Waals surface area contributed by atoms with E-state index in [9.17, 15) is 9.59 Å². The van der Waals surface area contributed by atoms with Gasteiger partial charge in [0.1, 0.15) is 5.65 Å². The zero-order valence-electron chi connectivity index (χ0n) is 14.7. The normalized spacial score (nSPS) is 10.7. The highest BCUT2D eigenvalue weighted by Crippen LogP contribution is 2.23. The summed E-state index contributed by atoms with van der Waals surface area (Å²) in [5.41, 5.74) is 2.19. The summed E-state index contributed by atoms with van der Waals surface area (Å²) in [6, 6.07) is 13.1. The number of fused-ring (bicyclic) bond motifs is 1. The summed E-state index contributed by atoms with van der Waals surface area (Å²) in [7, 11) is 3.44. The second-order valence-corrected chi connectivity index (χ2v) is 6.97. The summed E-state index contributed by atoms with van der Waals surface area (Å²) >= 11 is 1.37. The first-order valence-electron chi connectivity index (χ1n) is 8.17. The van der Waals surface area contributed by atoms with Gasteiger partial charge in [-0.25, -0.2) is 4.98 Å². The molecule has 0 aliphatic heterocycles. The smallest absolute Gasteiger partial charge is 0.252 e.